The van der Waals surface area contributed by atoms with E-state index in [2.05, 4.69) is 10.0 Å². The number of anilines is 1. The highest BCUT2D eigenvalue weighted by atomic mass is 35.5. The number of halogens is 1. The van der Waals surface area contributed by atoms with Crippen molar-refractivity contribution in [3.63, 3.8) is 0 Å². The third kappa shape index (κ3) is 4.36. The van der Waals surface area contributed by atoms with E-state index in [-0.39, 0.29) is 15.6 Å². The highest BCUT2D eigenvalue weighted by molar-refractivity contribution is 7.89. The number of sulfonamides is 1. The van der Waals surface area contributed by atoms with E-state index in [9.17, 15) is 13.2 Å². The molecule has 0 aliphatic carbocycles. The minimum Gasteiger partial charge on any atom is -0.399 e. The molecule has 1 unspecified atom stereocenters. The fourth-order valence-corrected chi connectivity index (χ4v) is 3.21. The molecule has 0 aliphatic rings. The van der Waals surface area contributed by atoms with Gasteiger partial charge in [0.05, 0.1) is 11.1 Å². The van der Waals surface area contributed by atoms with Crippen molar-refractivity contribution < 1.29 is 13.2 Å². The summed E-state index contributed by atoms with van der Waals surface area (Å²) < 4.78 is 26.6. The predicted octanol–water partition coefficient (Wildman–Crippen LogP) is 1.12. The van der Waals surface area contributed by atoms with E-state index in [1.165, 1.54) is 25.1 Å². The third-order valence-electron chi connectivity index (χ3n) is 2.52. The fraction of sp³-hybridized carbons (Fsp3) is 0.417. The molecule has 0 heterocycles. The lowest BCUT2D eigenvalue weighted by Gasteiger charge is -2.15. The lowest BCUT2D eigenvalue weighted by Crippen LogP contribution is -2.44. The van der Waals surface area contributed by atoms with Crippen LogP contribution >= 0.6 is 11.6 Å². The zero-order valence-electron chi connectivity index (χ0n) is 11.3. The lowest BCUT2D eigenvalue weighted by atomic mass is 10.3. The SMILES string of the molecule is CCCNC(=O)C(C)NS(=O)(=O)c1cc(N)ccc1Cl. The average molecular weight is 320 g/mol. The molecule has 20 heavy (non-hydrogen) atoms. The summed E-state index contributed by atoms with van der Waals surface area (Å²) in [4.78, 5) is 11.5. The fourth-order valence-electron chi connectivity index (χ4n) is 1.48. The second-order valence-electron chi connectivity index (χ2n) is 4.32. The zero-order valence-corrected chi connectivity index (χ0v) is 12.9. The van der Waals surface area contributed by atoms with Crippen LogP contribution in [0.1, 0.15) is 20.3 Å². The molecule has 0 saturated heterocycles. The van der Waals surface area contributed by atoms with Gasteiger partial charge in [0.2, 0.25) is 15.9 Å². The Morgan fingerprint density at radius 3 is 2.70 bits per heavy atom. The van der Waals surface area contributed by atoms with Crippen molar-refractivity contribution in [2.45, 2.75) is 31.2 Å². The van der Waals surface area contributed by atoms with Gasteiger partial charge in [0, 0.05) is 12.2 Å². The average Bonchev–Trinajstić information content (AvgIpc) is 2.38. The van der Waals surface area contributed by atoms with Gasteiger partial charge in [-0.15, -0.1) is 0 Å². The van der Waals surface area contributed by atoms with Crippen molar-refractivity contribution in [1.29, 1.82) is 0 Å². The van der Waals surface area contributed by atoms with E-state index in [4.69, 9.17) is 17.3 Å². The van der Waals surface area contributed by atoms with Crippen LogP contribution in [-0.2, 0) is 14.8 Å². The summed E-state index contributed by atoms with van der Waals surface area (Å²) >= 11 is 5.85. The van der Waals surface area contributed by atoms with Crippen LogP contribution in [0, 0.1) is 0 Å². The van der Waals surface area contributed by atoms with Crippen LogP contribution in [0.2, 0.25) is 5.02 Å². The van der Waals surface area contributed by atoms with Gasteiger partial charge in [0.1, 0.15) is 4.90 Å². The molecule has 8 heteroatoms. The second-order valence-corrected chi connectivity index (χ2v) is 6.41. The highest BCUT2D eigenvalue weighted by Crippen LogP contribution is 2.23. The Morgan fingerprint density at radius 1 is 1.45 bits per heavy atom. The van der Waals surface area contributed by atoms with Crippen LogP contribution in [-0.4, -0.2) is 26.9 Å². The van der Waals surface area contributed by atoms with Crippen molar-refractivity contribution in [2.24, 2.45) is 0 Å². The molecule has 1 atom stereocenters. The summed E-state index contributed by atoms with van der Waals surface area (Å²) in [5.41, 5.74) is 5.83. The molecule has 0 radical (unpaired) electrons. The number of hydrogen-bond donors (Lipinski definition) is 3. The molecule has 1 aromatic rings. The quantitative estimate of drug-likeness (QED) is 0.684. The van der Waals surface area contributed by atoms with Gasteiger partial charge in [0.25, 0.3) is 0 Å². The van der Waals surface area contributed by atoms with Gasteiger partial charge < -0.3 is 11.1 Å². The molecule has 0 spiro atoms. The maximum absolute atomic E-state index is 12.2. The van der Waals surface area contributed by atoms with Gasteiger partial charge >= 0.3 is 0 Å². The molecule has 4 N–H and O–H groups in total. The number of rotatable bonds is 6. The summed E-state index contributed by atoms with van der Waals surface area (Å²) in [7, 11) is -3.91. The van der Waals surface area contributed by atoms with E-state index >= 15 is 0 Å². The highest BCUT2D eigenvalue weighted by Gasteiger charge is 2.24. The van der Waals surface area contributed by atoms with Crippen molar-refractivity contribution in [3.8, 4) is 0 Å². The number of nitrogen functional groups attached to an aromatic ring is 1. The summed E-state index contributed by atoms with van der Waals surface area (Å²) in [6.45, 7) is 3.86. The van der Waals surface area contributed by atoms with Gasteiger partial charge in [0.15, 0.2) is 0 Å². The standard InChI is InChI=1S/C12H18ClN3O3S/c1-3-6-15-12(17)8(2)16-20(18,19)11-7-9(14)4-5-10(11)13/h4-5,7-8,16H,3,6,14H2,1-2H3,(H,15,17). The van der Waals surface area contributed by atoms with E-state index in [1.807, 2.05) is 6.92 Å². The summed E-state index contributed by atoms with van der Waals surface area (Å²) in [5, 5.41) is 2.66. The Hall–Kier alpha value is -1.31. The number of nitrogens with two attached hydrogens (primary N) is 1. The summed E-state index contributed by atoms with van der Waals surface area (Å²) in [5.74, 6) is -0.393. The third-order valence-corrected chi connectivity index (χ3v) is 4.54. The maximum Gasteiger partial charge on any atom is 0.242 e. The zero-order chi connectivity index (χ0) is 15.3. The van der Waals surface area contributed by atoms with Crippen LogP contribution in [0.25, 0.3) is 0 Å². The first-order valence-corrected chi connectivity index (χ1v) is 7.99. The van der Waals surface area contributed by atoms with Gasteiger partial charge in [-0.25, -0.2) is 8.42 Å². The maximum atomic E-state index is 12.2. The van der Waals surface area contributed by atoms with Crippen molar-refractivity contribution in [3.05, 3.63) is 23.2 Å². The number of amides is 1. The molecule has 6 nitrogen and oxygen atoms in total. The number of hydrogen-bond acceptors (Lipinski definition) is 4. The van der Waals surface area contributed by atoms with Crippen molar-refractivity contribution in [1.82, 2.24) is 10.0 Å². The van der Waals surface area contributed by atoms with Crippen LogP contribution in [0.5, 0.6) is 0 Å². The summed E-state index contributed by atoms with van der Waals surface area (Å²) in [6, 6.07) is 3.25. The molecule has 112 valence electrons. The van der Waals surface area contributed by atoms with Crippen LogP contribution in [0.15, 0.2) is 23.1 Å². The minimum absolute atomic E-state index is 0.0490. The number of carbonyl (C=O) groups excluding carboxylic acids is 1. The normalized spacial score (nSPS) is 12.9. The smallest absolute Gasteiger partial charge is 0.242 e. The molecule has 0 aliphatic heterocycles. The summed E-state index contributed by atoms with van der Waals surface area (Å²) in [6.07, 6.45) is 0.770. The molecule has 1 aromatic carbocycles. The molecule has 0 bridgehead atoms. The van der Waals surface area contributed by atoms with Gasteiger partial charge in [-0.1, -0.05) is 18.5 Å². The van der Waals surface area contributed by atoms with Crippen LogP contribution in [0.3, 0.4) is 0 Å². The first-order chi connectivity index (χ1) is 9.27. The van der Waals surface area contributed by atoms with E-state index < -0.39 is 22.0 Å². The minimum atomic E-state index is -3.91. The molecular formula is C12H18ClN3O3S. The number of benzene rings is 1. The first-order valence-electron chi connectivity index (χ1n) is 6.13. The molecule has 0 fully saturated rings. The molecule has 0 aromatic heterocycles. The lowest BCUT2D eigenvalue weighted by molar-refractivity contribution is -0.122. The van der Waals surface area contributed by atoms with Crippen molar-refractivity contribution in [2.75, 3.05) is 12.3 Å². The Kier molecular flexibility index (Phi) is 5.79. The Morgan fingerprint density at radius 2 is 2.10 bits per heavy atom. The predicted molar refractivity (Wildman–Crippen MR) is 78.9 cm³/mol. The molecular weight excluding hydrogens is 302 g/mol. The van der Waals surface area contributed by atoms with Gasteiger partial charge in [-0.05, 0) is 31.5 Å². The Balaban J connectivity index is 2.89. The number of carbonyl (C=O) groups is 1. The first kappa shape index (κ1) is 16.7. The Labute approximate surface area is 123 Å². The van der Waals surface area contributed by atoms with Crippen LogP contribution < -0.4 is 15.8 Å². The second kappa shape index (κ2) is 6.92. The topological polar surface area (TPSA) is 101 Å². The number of nitrogens with one attached hydrogen (secondary N) is 2. The van der Waals surface area contributed by atoms with E-state index in [1.54, 1.807) is 0 Å². The monoisotopic (exact) mass is 319 g/mol. The van der Waals surface area contributed by atoms with Crippen molar-refractivity contribution >= 4 is 33.2 Å². The van der Waals surface area contributed by atoms with E-state index in [0.717, 1.165) is 6.42 Å². The van der Waals surface area contributed by atoms with E-state index in [0.29, 0.717) is 6.54 Å². The molecule has 0 saturated carbocycles. The largest absolute Gasteiger partial charge is 0.399 e. The Bertz CT molecular complexity index is 590. The molecule has 1 amide bonds. The van der Waals surface area contributed by atoms with Crippen LogP contribution in [0.4, 0.5) is 5.69 Å². The molecule has 1 rings (SSSR count). The van der Waals surface area contributed by atoms with Gasteiger partial charge in [-0.2, -0.15) is 4.72 Å². The van der Waals surface area contributed by atoms with Gasteiger partial charge in [-0.3, -0.25) is 4.79 Å².